The van der Waals surface area contributed by atoms with Crippen molar-refractivity contribution >= 4 is 11.6 Å². The lowest BCUT2D eigenvalue weighted by molar-refractivity contribution is 0.0590. The predicted molar refractivity (Wildman–Crippen MR) is 53.4 cm³/mol. The fourth-order valence-electron chi connectivity index (χ4n) is 1.41. The van der Waals surface area contributed by atoms with Gasteiger partial charge in [0.15, 0.2) is 11.3 Å². The largest absolute Gasteiger partial charge is 0.501 e. The van der Waals surface area contributed by atoms with Gasteiger partial charge in [0.25, 0.3) is 0 Å². The summed E-state index contributed by atoms with van der Waals surface area (Å²) >= 11 is 0. The molecule has 0 aliphatic carbocycles. The van der Waals surface area contributed by atoms with Gasteiger partial charge in [-0.05, 0) is 0 Å². The maximum atomic E-state index is 11.7. The SMILES string of the molecule is COC(=O)c1nc2ccn(C)n2c(=O)c1O. The summed E-state index contributed by atoms with van der Waals surface area (Å²) in [5, 5.41) is 9.53. The van der Waals surface area contributed by atoms with Gasteiger partial charge in [0.1, 0.15) is 0 Å². The molecule has 2 aromatic rings. The minimum absolute atomic E-state index is 0.269. The molecule has 0 spiro atoms. The van der Waals surface area contributed by atoms with Crippen LogP contribution in [0.2, 0.25) is 0 Å². The van der Waals surface area contributed by atoms with Crippen molar-refractivity contribution in [1.82, 2.24) is 14.2 Å². The fourth-order valence-corrected chi connectivity index (χ4v) is 1.41. The maximum Gasteiger partial charge on any atom is 0.360 e. The number of hydrogen-bond acceptors (Lipinski definition) is 5. The molecule has 2 rings (SSSR count). The van der Waals surface area contributed by atoms with E-state index in [9.17, 15) is 14.7 Å². The van der Waals surface area contributed by atoms with Crippen molar-refractivity contribution < 1.29 is 14.6 Å². The standard InChI is InChI=1S/C9H9N3O4/c1-11-4-3-5-10-6(9(15)16-2)7(13)8(14)12(5)11/h3-4,13H,1-2H3. The normalized spacial score (nSPS) is 10.6. The van der Waals surface area contributed by atoms with E-state index in [1.807, 2.05) is 0 Å². The summed E-state index contributed by atoms with van der Waals surface area (Å²) in [7, 11) is 2.77. The van der Waals surface area contributed by atoms with Crippen molar-refractivity contribution in [2.24, 2.45) is 7.05 Å². The Balaban J connectivity index is 2.86. The van der Waals surface area contributed by atoms with E-state index in [2.05, 4.69) is 9.72 Å². The number of aromatic nitrogens is 3. The van der Waals surface area contributed by atoms with E-state index >= 15 is 0 Å². The van der Waals surface area contributed by atoms with E-state index < -0.39 is 17.3 Å². The molecule has 0 aromatic carbocycles. The summed E-state index contributed by atoms with van der Waals surface area (Å²) in [5.74, 6) is -1.56. The van der Waals surface area contributed by atoms with Gasteiger partial charge in [-0.1, -0.05) is 0 Å². The number of nitrogens with zero attached hydrogens (tertiary/aromatic N) is 3. The summed E-state index contributed by atoms with van der Waals surface area (Å²) in [6, 6.07) is 1.55. The molecule has 0 aliphatic rings. The molecular formula is C9H9N3O4. The second-order valence-electron chi connectivity index (χ2n) is 3.17. The maximum absolute atomic E-state index is 11.7. The second kappa shape index (κ2) is 3.37. The third-order valence-corrected chi connectivity index (χ3v) is 2.20. The van der Waals surface area contributed by atoms with Gasteiger partial charge in [0, 0.05) is 19.3 Å². The summed E-state index contributed by atoms with van der Waals surface area (Å²) in [6.07, 6.45) is 1.59. The first kappa shape index (κ1) is 10.2. The van der Waals surface area contributed by atoms with Gasteiger partial charge < -0.3 is 9.84 Å². The van der Waals surface area contributed by atoms with Gasteiger partial charge >= 0.3 is 11.5 Å². The van der Waals surface area contributed by atoms with E-state index in [-0.39, 0.29) is 11.3 Å². The van der Waals surface area contributed by atoms with Crippen LogP contribution >= 0.6 is 0 Å². The molecule has 84 valence electrons. The Hall–Kier alpha value is -2.31. The number of esters is 1. The monoisotopic (exact) mass is 223 g/mol. The van der Waals surface area contributed by atoms with Crippen LogP contribution in [-0.4, -0.2) is 32.4 Å². The Labute approximate surface area is 89.5 Å². The van der Waals surface area contributed by atoms with Gasteiger partial charge in [-0.15, -0.1) is 0 Å². The molecule has 0 amide bonds. The van der Waals surface area contributed by atoms with Gasteiger partial charge in [-0.25, -0.2) is 9.78 Å². The summed E-state index contributed by atoms with van der Waals surface area (Å²) in [6.45, 7) is 0. The second-order valence-corrected chi connectivity index (χ2v) is 3.17. The highest BCUT2D eigenvalue weighted by atomic mass is 16.5. The van der Waals surface area contributed by atoms with Crippen LogP contribution in [0.1, 0.15) is 10.5 Å². The zero-order valence-corrected chi connectivity index (χ0v) is 8.67. The summed E-state index contributed by atoms with van der Waals surface area (Å²) in [4.78, 5) is 26.8. The Morgan fingerprint density at radius 2 is 2.25 bits per heavy atom. The lowest BCUT2D eigenvalue weighted by atomic mass is 10.3. The molecule has 1 N–H and O–H groups in total. The lowest BCUT2D eigenvalue weighted by Gasteiger charge is -2.03. The zero-order chi connectivity index (χ0) is 11.9. The third-order valence-electron chi connectivity index (χ3n) is 2.20. The molecule has 0 saturated carbocycles. The van der Waals surface area contributed by atoms with Crippen LogP contribution in [0.25, 0.3) is 5.65 Å². The van der Waals surface area contributed by atoms with Crippen LogP contribution < -0.4 is 5.56 Å². The van der Waals surface area contributed by atoms with Gasteiger partial charge in [-0.2, -0.15) is 4.52 Å². The van der Waals surface area contributed by atoms with E-state index in [1.54, 1.807) is 19.3 Å². The Morgan fingerprint density at radius 1 is 1.56 bits per heavy atom. The molecule has 0 radical (unpaired) electrons. The number of carbonyl (C=O) groups excluding carboxylic acids is 1. The summed E-state index contributed by atoms with van der Waals surface area (Å²) < 4.78 is 7.00. The predicted octanol–water partition coefficient (Wildman–Crippen LogP) is -0.475. The molecule has 7 nitrogen and oxygen atoms in total. The molecular weight excluding hydrogens is 214 g/mol. The first-order chi connectivity index (χ1) is 7.56. The number of aromatic hydroxyl groups is 1. The quantitative estimate of drug-likeness (QED) is 0.660. The Bertz CT molecular complexity index is 625. The first-order valence-electron chi connectivity index (χ1n) is 4.42. The number of rotatable bonds is 1. The van der Waals surface area contributed by atoms with Crippen LogP contribution in [0.4, 0.5) is 0 Å². The van der Waals surface area contributed by atoms with Crippen LogP contribution in [0.5, 0.6) is 5.75 Å². The highest BCUT2D eigenvalue weighted by Crippen LogP contribution is 2.11. The smallest absolute Gasteiger partial charge is 0.360 e. The van der Waals surface area contributed by atoms with E-state index in [4.69, 9.17) is 0 Å². The van der Waals surface area contributed by atoms with Gasteiger partial charge in [0.2, 0.25) is 5.75 Å². The van der Waals surface area contributed by atoms with Crippen LogP contribution in [0.15, 0.2) is 17.1 Å². The average Bonchev–Trinajstić information content (AvgIpc) is 2.64. The van der Waals surface area contributed by atoms with Crippen molar-refractivity contribution in [3.05, 3.63) is 28.3 Å². The first-order valence-corrected chi connectivity index (χ1v) is 4.42. The molecule has 0 saturated heterocycles. The van der Waals surface area contributed by atoms with Gasteiger partial charge in [-0.3, -0.25) is 9.48 Å². The molecule has 16 heavy (non-hydrogen) atoms. The minimum atomic E-state index is -0.846. The van der Waals surface area contributed by atoms with Crippen molar-refractivity contribution in [1.29, 1.82) is 0 Å². The number of aryl methyl sites for hydroxylation is 1. The fraction of sp³-hybridized carbons (Fsp3) is 0.222. The van der Waals surface area contributed by atoms with Crippen LogP contribution in [-0.2, 0) is 11.8 Å². The molecule has 7 heteroatoms. The highest BCUT2D eigenvalue weighted by molar-refractivity contribution is 5.90. The molecule has 2 aromatic heterocycles. The third kappa shape index (κ3) is 1.25. The molecule has 0 unspecified atom stereocenters. The molecule has 0 fully saturated rings. The van der Waals surface area contributed by atoms with Gasteiger partial charge in [0.05, 0.1) is 7.11 Å². The summed E-state index contributed by atoms with van der Waals surface area (Å²) in [5.41, 5.74) is -0.817. The number of carbonyl (C=O) groups is 1. The lowest BCUT2D eigenvalue weighted by Crippen LogP contribution is -2.22. The number of fused-ring (bicyclic) bond motifs is 1. The number of methoxy groups -OCH3 is 1. The van der Waals surface area contributed by atoms with Crippen molar-refractivity contribution in [3.8, 4) is 5.75 Å². The number of hydrogen-bond donors (Lipinski definition) is 1. The molecule has 0 bridgehead atoms. The zero-order valence-electron chi connectivity index (χ0n) is 8.67. The van der Waals surface area contributed by atoms with Crippen molar-refractivity contribution in [2.45, 2.75) is 0 Å². The topological polar surface area (TPSA) is 85.8 Å². The van der Waals surface area contributed by atoms with Crippen LogP contribution in [0.3, 0.4) is 0 Å². The van der Waals surface area contributed by atoms with Crippen molar-refractivity contribution in [2.75, 3.05) is 7.11 Å². The van der Waals surface area contributed by atoms with E-state index in [1.165, 1.54) is 4.68 Å². The molecule has 0 atom stereocenters. The Morgan fingerprint density at radius 3 is 2.88 bits per heavy atom. The average molecular weight is 223 g/mol. The van der Waals surface area contributed by atoms with Crippen molar-refractivity contribution in [3.63, 3.8) is 0 Å². The molecule has 2 heterocycles. The molecule has 0 aliphatic heterocycles. The minimum Gasteiger partial charge on any atom is -0.501 e. The van der Waals surface area contributed by atoms with E-state index in [0.717, 1.165) is 11.6 Å². The van der Waals surface area contributed by atoms with E-state index in [0.29, 0.717) is 0 Å². The van der Waals surface area contributed by atoms with Crippen LogP contribution in [0, 0.1) is 0 Å². The Kier molecular flexibility index (Phi) is 2.15. The number of ether oxygens (including phenoxy) is 1. The highest BCUT2D eigenvalue weighted by Gasteiger charge is 2.19.